The highest BCUT2D eigenvalue weighted by Gasteiger charge is 2.40. The molecule has 1 fully saturated rings. The molecule has 0 radical (unpaired) electrons. The summed E-state index contributed by atoms with van der Waals surface area (Å²) in [6, 6.07) is 0. The fraction of sp³-hybridized carbons (Fsp3) is 0.900. The number of aliphatic hydroxyl groups is 1. The highest BCUT2D eigenvalue weighted by Crippen LogP contribution is 2.29. The van der Waals surface area contributed by atoms with E-state index in [1.807, 2.05) is 4.90 Å². The van der Waals surface area contributed by atoms with Crippen molar-refractivity contribution in [3.05, 3.63) is 0 Å². The van der Waals surface area contributed by atoms with Gasteiger partial charge < -0.3 is 14.9 Å². The van der Waals surface area contributed by atoms with E-state index in [1.165, 1.54) is 7.11 Å². The summed E-state index contributed by atoms with van der Waals surface area (Å²) in [6.07, 6.45) is 0.105. The number of hydrogen-bond donors (Lipinski definition) is 2. The summed E-state index contributed by atoms with van der Waals surface area (Å²) < 4.78 is 4.82. The van der Waals surface area contributed by atoms with Crippen molar-refractivity contribution in [2.24, 2.45) is 5.41 Å². The van der Waals surface area contributed by atoms with Gasteiger partial charge in [-0.1, -0.05) is 0 Å². The van der Waals surface area contributed by atoms with Crippen LogP contribution < -0.4 is 0 Å². The third kappa shape index (κ3) is 3.15. The molecule has 1 saturated heterocycles. The van der Waals surface area contributed by atoms with Crippen molar-refractivity contribution in [2.45, 2.75) is 19.4 Å². The smallest absolute Gasteiger partial charge is 0.310 e. The number of methoxy groups -OCH3 is 1. The molecule has 5 nitrogen and oxygen atoms in total. The molecule has 88 valence electrons. The molecule has 0 aromatic rings. The zero-order chi connectivity index (χ0) is 11.5. The molecular formula is C10H19NO4. The highest BCUT2D eigenvalue weighted by molar-refractivity contribution is 5.74. The predicted molar refractivity (Wildman–Crippen MR) is 54.7 cm³/mol. The van der Waals surface area contributed by atoms with Crippen LogP contribution in [0.3, 0.4) is 0 Å². The van der Waals surface area contributed by atoms with E-state index in [1.54, 1.807) is 6.92 Å². The van der Waals surface area contributed by atoms with Gasteiger partial charge in [0.2, 0.25) is 0 Å². The van der Waals surface area contributed by atoms with Crippen LogP contribution in [0, 0.1) is 5.41 Å². The second-order valence-corrected chi connectivity index (χ2v) is 4.46. The fourth-order valence-electron chi connectivity index (χ4n) is 1.93. The van der Waals surface area contributed by atoms with Gasteiger partial charge in [-0.2, -0.15) is 0 Å². The molecule has 2 N–H and O–H groups in total. The van der Waals surface area contributed by atoms with Crippen LogP contribution in [-0.4, -0.2) is 60.5 Å². The standard InChI is InChI=1S/C10H19NO4/c1-10(9(13)14)3-4-11(7-10)5-8(12)6-15-2/h8,12H,3-7H2,1-2H3,(H,13,14). The van der Waals surface area contributed by atoms with Crippen LogP contribution in [0.25, 0.3) is 0 Å². The Kier molecular flexibility index (Phi) is 4.07. The lowest BCUT2D eigenvalue weighted by Gasteiger charge is -2.22. The first-order chi connectivity index (χ1) is 6.98. The number of aliphatic hydroxyl groups excluding tert-OH is 1. The molecule has 0 spiro atoms. The summed E-state index contributed by atoms with van der Waals surface area (Å²) in [7, 11) is 1.54. The molecule has 0 amide bonds. The molecule has 0 aromatic heterocycles. The van der Waals surface area contributed by atoms with Crippen molar-refractivity contribution in [3.8, 4) is 0 Å². The summed E-state index contributed by atoms with van der Waals surface area (Å²) in [5, 5.41) is 18.5. The van der Waals surface area contributed by atoms with E-state index in [-0.39, 0.29) is 0 Å². The zero-order valence-corrected chi connectivity index (χ0v) is 9.27. The Balaban J connectivity index is 2.39. The third-order valence-electron chi connectivity index (χ3n) is 2.90. The fourth-order valence-corrected chi connectivity index (χ4v) is 1.93. The number of carboxylic acid groups (broad SMARTS) is 1. The van der Waals surface area contributed by atoms with Crippen molar-refractivity contribution >= 4 is 5.97 Å². The van der Waals surface area contributed by atoms with Crippen molar-refractivity contribution in [3.63, 3.8) is 0 Å². The molecule has 0 aromatic carbocycles. The van der Waals surface area contributed by atoms with Gasteiger partial charge in [0.15, 0.2) is 0 Å². The molecule has 1 rings (SSSR count). The molecule has 15 heavy (non-hydrogen) atoms. The van der Waals surface area contributed by atoms with Gasteiger partial charge >= 0.3 is 5.97 Å². The Labute approximate surface area is 89.6 Å². The molecule has 0 bridgehead atoms. The molecule has 2 atom stereocenters. The largest absolute Gasteiger partial charge is 0.481 e. The van der Waals surface area contributed by atoms with E-state index in [4.69, 9.17) is 9.84 Å². The first-order valence-electron chi connectivity index (χ1n) is 5.11. The monoisotopic (exact) mass is 217 g/mol. The van der Waals surface area contributed by atoms with Crippen LogP contribution in [0.5, 0.6) is 0 Å². The van der Waals surface area contributed by atoms with Crippen molar-refractivity contribution in [1.29, 1.82) is 0 Å². The first kappa shape index (κ1) is 12.4. The second-order valence-electron chi connectivity index (χ2n) is 4.46. The summed E-state index contributed by atoms with van der Waals surface area (Å²) in [5.41, 5.74) is -0.660. The van der Waals surface area contributed by atoms with Gasteiger partial charge in [-0.15, -0.1) is 0 Å². The number of carbonyl (C=O) groups is 1. The maximum absolute atomic E-state index is 11.0. The van der Waals surface area contributed by atoms with E-state index in [0.717, 1.165) is 6.54 Å². The van der Waals surface area contributed by atoms with E-state index >= 15 is 0 Å². The van der Waals surface area contributed by atoms with Crippen molar-refractivity contribution < 1.29 is 19.7 Å². The van der Waals surface area contributed by atoms with Crippen LogP contribution in [0.2, 0.25) is 0 Å². The van der Waals surface area contributed by atoms with E-state index in [0.29, 0.717) is 26.1 Å². The van der Waals surface area contributed by atoms with Gasteiger partial charge in [0, 0.05) is 20.2 Å². The lowest BCUT2D eigenvalue weighted by Crippen LogP contribution is -2.36. The zero-order valence-electron chi connectivity index (χ0n) is 9.27. The van der Waals surface area contributed by atoms with E-state index < -0.39 is 17.5 Å². The Morgan fingerprint density at radius 2 is 2.33 bits per heavy atom. The molecule has 2 unspecified atom stereocenters. The molecule has 1 aliphatic rings. The molecular weight excluding hydrogens is 198 g/mol. The maximum Gasteiger partial charge on any atom is 0.310 e. The summed E-state index contributed by atoms with van der Waals surface area (Å²) >= 11 is 0. The summed E-state index contributed by atoms with van der Waals surface area (Å²) in [6.45, 7) is 3.75. The number of β-amino-alcohol motifs (C(OH)–C–C–N with tert-alkyl or cyclic N) is 1. The van der Waals surface area contributed by atoms with Gasteiger partial charge in [-0.25, -0.2) is 0 Å². The number of aliphatic carboxylic acids is 1. The molecule has 0 aliphatic carbocycles. The minimum absolute atomic E-state index is 0.292. The van der Waals surface area contributed by atoms with Crippen LogP contribution in [-0.2, 0) is 9.53 Å². The van der Waals surface area contributed by atoms with Crippen LogP contribution in [0.1, 0.15) is 13.3 Å². The Hall–Kier alpha value is -0.650. The second kappa shape index (κ2) is 4.92. The van der Waals surface area contributed by atoms with E-state index in [2.05, 4.69) is 0 Å². The van der Waals surface area contributed by atoms with Crippen LogP contribution >= 0.6 is 0 Å². The number of likely N-dealkylation sites (tertiary alicyclic amines) is 1. The van der Waals surface area contributed by atoms with Gasteiger partial charge in [0.25, 0.3) is 0 Å². The van der Waals surface area contributed by atoms with Gasteiger partial charge in [0.05, 0.1) is 18.1 Å². The maximum atomic E-state index is 11.0. The number of nitrogens with zero attached hydrogens (tertiary/aromatic N) is 1. The Morgan fingerprint density at radius 1 is 1.67 bits per heavy atom. The number of rotatable bonds is 5. The number of ether oxygens (including phenoxy) is 1. The summed E-state index contributed by atoms with van der Waals surface area (Å²) in [5.74, 6) is -0.758. The van der Waals surface area contributed by atoms with Crippen LogP contribution in [0.4, 0.5) is 0 Å². The van der Waals surface area contributed by atoms with Crippen molar-refractivity contribution in [1.82, 2.24) is 4.90 Å². The van der Waals surface area contributed by atoms with Gasteiger partial charge in [-0.3, -0.25) is 9.69 Å². The highest BCUT2D eigenvalue weighted by atomic mass is 16.5. The van der Waals surface area contributed by atoms with Crippen LogP contribution in [0.15, 0.2) is 0 Å². The Bertz CT molecular complexity index is 233. The normalized spacial score (nSPS) is 29.3. The lowest BCUT2D eigenvalue weighted by atomic mass is 9.90. The molecule has 0 saturated carbocycles. The first-order valence-corrected chi connectivity index (χ1v) is 5.11. The average molecular weight is 217 g/mol. The third-order valence-corrected chi connectivity index (χ3v) is 2.90. The molecule has 1 aliphatic heterocycles. The predicted octanol–water partition coefficient (Wildman–Crippen LogP) is -0.210. The molecule has 1 heterocycles. The quantitative estimate of drug-likeness (QED) is 0.667. The summed E-state index contributed by atoms with van der Waals surface area (Å²) in [4.78, 5) is 12.9. The topological polar surface area (TPSA) is 70.0 Å². The minimum atomic E-state index is -0.758. The van der Waals surface area contributed by atoms with E-state index in [9.17, 15) is 9.90 Å². The number of hydrogen-bond acceptors (Lipinski definition) is 4. The average Bonchev–Trinajstić information content (AvgIpc) is 2.49. The lowest BCUT2D eigenvalue weighted by molar-refractivity contribution is -0.147. The molecule has 5 heteroatoms. The number of carboxylic acids is 1. The Morgan fingerprint density at radius 3 is 2.80 bits per heavy atom. The minimum Gasteiger partial charge on any atom is -0.481 e. The van der Waals surface area contributed by atoms with Gasteiger partial charge in [0.1, 0.15) is 0 Å². The SMILES string of the molecule is COCC(O)CN1CCC(C)(C(=O)O)C1. The van der Waals surface area contributed by atoms with Crippen molar-refractivity contribution in [2.75, 3.05) is 33.4 Å². The van der Waals surface area contributed by atoms with Gasteiger partial charge in [-0.05, 0) is 19.9 Å².